The van der Waals surface area contributed by atoms with Crippen molar-refractivity contribution < 1.29 is 4.79 Å². The van der Waals surface area contributed by atoms with E-state index in [4.69, 9.17) is 0 Å². The van der Waals surface area contributed by atoms with Crippen LogP contribution in [0.15, 0.2) is 60.7 Å². The van der Waals surface area contributed by atoms with Gasteiger partial charge in [-0.1, -0.05) is 30.3 Å². The molecule has 1 aromatic heterocycles. The Bertz CT molecular complexity index is 941. The fourth-order valence-corrected chi connectivity index (χ4v) is 2.71. The Morgan fingerprint density at radius 3 is 2.24 bits per heavy atom. The summed E-state index contributed by atoms with van der Waals surface area (Å²) in [6, 6.07) is 19.3. The molecule has 0 fully saturated rings. The molecule has 1 heterocycles. The van der Waals surface area contributed by atoms with E-state index in [-0.39, 0.29) is 5.91 Å². The van der Waals surface area contributed by atoms with Crippen molar-refractivity contribution in [2.75, 3.05) is 43.1 Å². The molecule has 7 heteroatoms. The number of likely N-dealkylation sites (N-methyl/N-ethyl adjacent to an activating group) is 1. The first-order valence-corrected chi connectivity index (χ1v) is 9.47. The number of nitrogens with zero attached hydrogens (tertiary/aromatic N) is 3. The summed E-state index contributed by atoms with van der Waals surface area (Å²) >= 11 is 0. The highest BCUT2D eigenvalue weighted by Crippen LogP contribution is 2.23. The van der Waals surface area contributed by atoms with Crippen LogP contribution in [-0.4, -0.2) is 48.0 Å². The predicted octanol–water partition coefficient (Wildman–Crippen LogP) is 3.82. The van der Waals surface area contributed by atoms with Crippen molar-refractivity contribution in [3.8, 4) is 11.4 Å². The van der Waals surface area contributed by atoms with Crippen molar-refractivity contribution in [2.45, 2.75) is 6.92 Å². The number of carbonyl (C=O) groups excluding carboxylic acids is 1. The molecule has 0 aliphatic rings. The summed E-state index contributed by atoms with van der Waals surface area (Å²) in [7, 11) is 4.07. The Kier molecular flexibility index (Phi) is 6.76. The molecule has 3 N–H and O–H groups in total. The molecule has 150 valence electrons. The van der Waals surface area contributed by atoms with Crippen LogP contribution in [0, 0.1) is 0 Å². The highest BCUT2D eigenvalue weighted by Gasteiger charge is 2.08. The zero-order valence-corrected chi connectivity index (χ0v) is 16.9. The Labute approximate surface area is 171 Å². The third-order valence-electron chi connectivity index (χ3n) is 4.10. The molecular weight excluding hydrogens is 364 g/mol. The van der Waals surface area contributed by atoms with Gasteiger partial charge in [0.05, 0.1) is 0 Å². The van der Waals surface area contributed by atoms with Crippen molar-refractivity contribution in [3.05, 3.63) is 60.7 Å². The first-order chi connectivity index (χ1) is 14.0. The molecule has 3 aromatic rings. The smallest absolute Gasteiger partial charge is 0.221 e. The maximum Gasteiger partial charge on any atom is 0.221 e. The second-order valence-corrected chi connectivity index (χ2v) is 6.94. The lowest BCUT2D eigenvalue weighted by molar-refractivity contribution is -0.114. The van der Waals surface area contributed by atoms with Crippen LogP contribution in [0.5, 0.6) is 0 Å². The van der Waals surface area contributed by atoms with Crippen LogP contribution in [0.3, 0.4) is 0 Å². The average Bonchev–Trinajstić information content (AvgIpc) is 2.69. The summed E-state index contributed by atoms with van der Waals surface area (Å²) in [6.45, 7) is 3.17. The van der Waals surface area contributed by atoms with Crippen LogP contribution >= 0.6 is 0 Å². The van der Waals surface area contributed by atoms with Crippen LogP contribution in [0.2, 0.25) is 0 Å². The van der Waals surface area contributed by atoms with E-state index in [1.807, 2.05) is 74.8 Å². The number of hydrogen-bond acceptors (Lipinski definition) is 6. The lowest BCUT2D eigenvalue weighted by Gasteiger charge is -2.14. The van der Waals surface area contributed by atoms with Crippen LogP contribution in [0.1, 0.15) is 6.92 Å². The first-order valence-electron chi connectivity index (χ1n) is 9.47. The van der Waals surface area contributed by atoms with E-state index < -0.39 is 0 Å². The number of anilines is 4. The molecule has 2 aromatic carbocycles. The Hall–Kier alpha value is -3.45. The number of carbonyl (C=O) groups is 1. The molecule has 0 aliphatic heterocycles. The number of hydrogen-bond donors (Lipinski definition) is 3. The number of aromatic nitrogens is 2. The van der Waals surface area contributed by atoms with Crippen molar-refractivity contribution in [3.63, 3.8) is 0 Å². The summed E-state index contributed by atoms with van der Waals surface area (Å²) in [5.74, 6) is 2.01. The van der Waals surface area contributed by atoms with Gasteiger partial charge in [-0.2, -0.15) is 0 Å². The summed E-state index contributed by atoms with van der Waals surface area (Å²) in [6.07, 6.45) is 0. The molecule has 0 aliphatic carbocycles. The third-order valence-corrected chi connectivity index (χ3v) is 4.10. The van der Waals surface area contributed by atoms with Crippen molar-refractivity contribution in [1.82, 2.24) is 14.9 Å². The van der Waals surface area contributed by atoms with E-state index in [2.05, 4.69) is 30.8 Å². The van der Waals surface area contributed by atoms with Crippen molar-refractivity contribution in [2.24, 2.45) is 0 Å². The highest BCUT2D eigenvalue weighted by molar-refractivity contribution is 5.88. The molecule has 0 bridgehead atoms. The molecule has 7 nitrogen and oxygen atoms in total. The monoisotopic (exact) mass is 390 g/mol. The third kappa shape index (κ3) is 6.29. The minimum Gasteiger partial charge on any atom is -0.369 e. The van der Waals surface area contributed by atoms with Gasteiger partial charge in [-0.05, 0) is 38.4 Å². The zero-order valence-electron chi connectivity index (χ0n) is 16.9. The fourth-order valence-electron chi connectivity index (χ4n) is 2.71. The van der Waals surface area contributed by atoms with Gasteiger partial charge in [0.1, 0.15) is 11.6 Å². The Morgan fingerprint density at radius 2 is 1.59 bits per heavy atom. The second-order valence-electron chi connectivity index (χ2n) is 6.94. The van der Waals surface area contributed by atoms with E-state index >= 15 is 0 Å². The summed E-state index contributed by atoms with van der Waals surface area (Å²) in [5, 5.41) is 9.44. The lowest BCUT2D eigenvalue weighted by atomic mass is 10.2. The van der Waals surface area contributed by atoms with Crippen molar-refractivity contribution in [1.29, 1.82) is 0 Å². The molecule has 0 spiro atoms. The fraction of sp³-hybridized carbons (Fsp3) is 0.227. The number of nitrogens with one attached hydrogen (secondary N) is 3. The van der Waals surface area contributed by atoms with Gasteiger partial charge in [0.2, 0.25) is 5.91 Å². The van der Waals surface area contributed by atoms with Gasteiger partial charge in [-0.25, -0.2) is 9.97 Å². The predicted molar refractivity (Wildman–Crippen MR) is 119 cm³/mol. The maximum atomic E-state index is 11.2. The SMILES string of the molecule is CC(=O)Nc1ccc(Nc2cc(NCCN(C)C)nc(-c3ccccc3)n2)cc1. The van der Waals surface area contributed by atoms with Crippen LogP contribution in [-0.2, 0) is 4.79 Å². The molecule has 0 saturated heterocycles. The quantitative estimate of drug-likeness (QED) is 0.542. The first kappa shape index (κ1) is 20.3. The molecule has 0 unspecified atom stereocenters. The van der Waals surface area contributed by atoms with Crippen LogP contribution in [0.25, 0.3) is 11.4 Å². The molecule has 3 rings (SSSR count). The topological polar surface area (TPSA) is 82.2 Å². The van der Waals surface area contributed by atoms with E-state index in [1.165, 1.54) is 6.92 Å². The molecule has 1 amide bonds. The minimum atomic E-state index is -0.0950. The van der Waals surface area contributed by atoms with Crippen LogP contribution < -0.4 is 16.0 Å². The number of amides is 1. The normalized spacial score (nSPS) is 10.6. The lowest BCUT2D eigenvalue weighted by Crippen LogP contribution is -2.21. The van der Waals surface area contributed by atoms with Gasteiger partial charge < -0.3 is 20.9 Å². The Morgan fingerprint density at radius 1 is 0.931 bits per heavy atom. The molecule has 0 atom stereocenters. The van der Waals surface area contributed by atoms with Gasteiger partial charge >= 0.3 is 0 Å². The summed E-state index contributed by atoms with van der Waals surface area (Å²) in [5.41, 5.74) is 2.57. The number of rotatable bonds is 8. The van der Waals surface area contributed by atoms with Gasteiger partial charge in [0, 0.05) is 43.0 Å². The summed E-state index contributed by atoms with van der Waals surface area (Å²) < 4.78 is 0. The standard InChI is InChI=1S/C22H26N6O/c1-16(29)24-18-9-11-19(12-10-18)25-21-15-20(23-13-14-28(2)3)26-22(27-21)17-7-5-4-6-8-17/h4-12,15H,13-14H2,1-3H3,(H,24,29)(H2,23,25,26,27). The Balaban J connectivity index is 1.83. The van der Waals surface area contributed by atoms with Gasteiger partial charge in [-0.15, -0.1) is 0 Å². The largest absolute Gasteiger partial charge is 0.369 e. The molecule has 0 saturated carbocycles. The molecule has 0 radical (unpaired) electrons. The number of benzene rings is 2. The van der Waals surface area contributed by atoms with Crippen LogP contribution in [0.4, 0.5) is 23.0 Å². The molecular formula is C22H26N6O. The maximum absolute atomic E-state index is 11.2. The van der Waals surface area contributed by atoms with Gasteiger partial charge in [-0.3, -0.25) is 4.79 Å². The second kappa shape index (κ2) is 9.66. The minimum absolute atomic E-state index is 0.0950. The van der Waals surface area contributed by atoms with Gasteiger partial charge in [0.15, 0.2) is 5.82 Å². The van der Waals surface area contributed by atoms with E-state index in [0.29, 0.717) is 11.6 Å². The zero-order chi connectivity index (χ0) is 20.6. The highest BCUT2D eigenvalue weighted by atomic mass is 16.1. The van der Waals surface area contributed by atoms with E-state index in [0.717, 1.165) is 35.8 Å². The van der Waals surface area contributed by atoms with E-state index in [1.54, 1.807) is 0 Å². The molecule has 29 heavy (non-hydrogen) atoms. The van der Waals surface area contributed by atoms with Crippen molar-refractivity contribution >= 4 is 28.9 Å². The summed E-state index contributed by atoms with van der Waals surface area (Å²) in [4.78, 5) is 22.6. The van der Waals surface area contributed by atoms with E-state index in [9.17, 15) is 4.79 Å². The van der Waals surface area contributed by atoms with Gasteiger partial charge in [0.25, 0.3) is 0 Å². The average molecular weight is 390 g/mol.